The molecule has 0 atom stereocenters. The average Bonchev–Trinajstić information content (AvgIpc) is 3.56. The summed E-state index contributed by atoms with van der Waals surface area (Å²) in [4.78, 5) is 41.2. The maximum absolute atomic E-state index is 12.7. The van der Waals surface area contributed by atoms with E-state index >= 15 is 0 Å². The van der Waals surface area contributed by atoms with Crippen LogP contribution in [-0.2, 0) is 4.79 Å². The lowest BCUT2D eigenvalue weighted by Gasteiger charge is -2.35. The van der Waals surface area contributed by atoms with Gasteiger partial charge in [0.15, 0.2) is 0 Å². The molecule has 8 nitrogen and oxygen atoms in total. The summed E-state index contributed by atoms with van der Waals surface area (Å²) in [5.41, 5.74) is 1.43. The summed E-state index contributed by atoms with van der Waals surface area (Å²) in [5.74, 6) is -0.345. The lowest BCUT2D eigenvalue weighted by atomic mass is 10.1. The van der Waals surface area contributed by atoms with E-state index in [1.54, 1.807) is 28.4 Å². The van der Waals surface area contributed by atoms with Crippen LogP contribution in [0.15, 0.2) is 48.9 Å². The third-order valence-electron chi connectivity index (χ3n) is 5.74. The van der Waals surface area contributed by atoms with Crippen molar-refractivity contribution in [3.8, 4) is 11.1 Å². The van der Waals surface area contributed by atoms with Gasteiger partial charge >= 0.3 is 0 Å². The monoisotopic (exact) mass is 403 g/mol. The third-order valence-corrected chi connectivity index (χ3v) is 5.74. The van der Waals surface area contributed by atoms with Crippen LogP contribution in [0, 0.1) is 0 Å². The van der Waals surface area contributed by atoms with Crippen LogP contribution in [0.2, 0.25) is 0 Å². The summed E-state index contributed by atoms with van der Waals surface area (Å²) in [7, 11) is 0. The van der Waals surface area contributed by atoms with Crippen molar-refractivity contribution in [3.63, 3.8) is 0 Å². The predicted molar refractivity (Wildman–Crippen MR) is 109 cm³/mol. The van der Waals surface area contributed by atoms with Crippen LogP contribution in [0.3, 0.4) is 0 Å². The maximum atomic E-state index is 12.7. The van der Waals surface area contributed by atoms with Gasteiger partial charge in [0.1, 0.15) is 5.60 Å². The highest BCUT2D eigenvalue weighted by Gasteiger charge is 2.50. The van der Waals surface area contributed by atoms with Gasteiger partial charge in [-0.1, -0.05) is 18.2 Å². The Hall–Kier alpha value is -3.39. The van der Waals surface area contributed by atoms with Crippen molar-refractivity contribution in [1.29, 1.82) is 0 Å². The van der Waals surface area contributed by atoms with Crippen LogP contribution in [0.25, 0.3) is 22.0 Å². The minimum absolute atomic E-state index is 0.132. The number of para-hydroxylation sites is 1. The molecule has 1 aliphatic heterocycles. The first-order valence-electron chi connectivity index (χ1n) is 10.0. The SMILES string of the molecule is O=C(c1ncc(-c2cnc3ccccc3c2)cn1)N1CCN(C(=O)C2(O)CC2)CC1. The normalized spacial score (nSPS) is 17.8. The second kappa shape index (κ2) is 7.14. The predicted octanol–water partition coefficient (Wildman–Crippen LogP) is 1.50. The lowest BCUT2D eigenvalue weighted by molar-refractivity contribution is -0.143. The van der Waals surface area contributed by atoms with Crippen LogP contribution in [-0.4, -0.2) is 73.5 Å². The summed E-state index contributed by atoms with van der Waals surface area (Å²) in [6.07, 6.45) is 6.09. The van der Waals surface area contributed by atoms with Crippen LogP contribution in [0.5, 0.6) is 0 Å². The van der Waals surface area contributed by atoms with Gasteiger partial charge in [-0.3, -0.25) is 14.6 Å². The fourth-order valence-electron chi connectivity index (χ4n) is 3.70. The van der Waals surface area contributed by atoms with Crippen molar-refractivity contribution in [1.82, 2.24) is 24.8 Å². The number of aliphatic hydroxyl groups is 1. The highest BCUT2D eigenvalue weighted by atomic mass is 16.3. The van der Waals surface area contributed by atoms with E-state index in [0.29, 0.717) is 39.0 Å². The molecule has 3 aromatic rings. The molecule has 1 aromatic carbocycles. The van der Waals surface area contributed by atoms with Gasteiger partial charge in [0.2, 0.25) is 5.82 Å². The molecule has 2 amide bonds. The molecule has 0 unspecified atom stereocenters. The second-order valence-electron chi connectivity index (χ2n) is 7.83. The number of carbonyl (C=O) groups excluding carboxylic acids is 2. The highest BCUT2D eigenvalue weighted by Crippen LogP contribution is 2.37. The average molecular weight is 403 g/mol. The number of hydrogen-bond acceptors (Lipinski definition) is 6. The Bertz CT molecular complexity index is 1120. The first-order chi connectivity index (χ1) is 14.5. The van der Waals surface area contributed by atoms with Crippen molar-refractivity contribution in [2.75, 3.05) is 26.2 Å². The topological polar surface area (TPSA) is 99.5 Å². The standard InChI is InChI=1S/C22H21N5O3/c28-20(26-7-9-27(10-8-26)21(29)22(30)5-6-22)19-24-13-17(14-25-19)16-11-15-3-1-2-4-18(15)23-12-16/h1-4,11-14,30H,5-10H2. The van der Waals surface area contributed by atoms with Gasteiger partial charge in [-0.2, -0.15) is 0 Å². The van der Waals surface area contributed by atoms with Crippen LogP contribution in [0.4, 0.5) is 0 Å². The molecule has 0 radical (unpaired) electrons. The number of pyridine rings is 1. The number of benzene rings is 1. The van der Waals surface area contributed by atoms with E-state index in [4.69, 9.17) is 0 Å². The molecule has 0 bridgehead atoms. The number of amides is 2. The minimum atomic E-state index is -1.16. The van der Waals surface area contributed by atoms with Gasteiger partial charge in [0.05, 0.1) is 5.52 Å². The number of aromatic nitrogens is 3. The lowest BCUT2D eigenvalue weighted by Crippen LogP contribution is -2.53. The Balaban J connectivity index is 1.26. The zero-order valence-corrected chi connectivity index (χ0v) is 16.4. The Kier molecular flexibility index (Phi) is 4.43. The fraction of sp³-hybridized carbons (Fsp3) is 0.318. The van der Waals surface area contributed by atoms with E-state index in [9.17, 15) is 14.7 Å². The molecule has 3 heterocycles. The molecule has 0 spiro atoms. The number of hydrogen-bond donors (Lipinski definition) is 1. The van der Waals surface area contributed by atoms with Gasteiger partial charge in [-0.25, -0.2) is 9.97 Å². The molecule has 1 saturated heterocycles. The molecular formula is C22H21N5O3. The van der Waals surface area contributed by atoms with Crippen molar-refractivity contribution < 1.29 is 14.7 Å². The Morgan fingerprint density at radius 1 is 0.867 bits per heavy atom. The number of carbonyl (C=O) groups is 2. The molecule has 1 N–H and O–H groups in total. The van der Waals surface area contributed by atoms with Crippen molar-refractivity contribution in [2.24, 2.45) is 0 Å². The maximum Gasteiger partial charge on any atom is 0.291 e. The first kappa shape index (κ1) is 18.6. The van der Waals surface area contributed by atoms with Gasteiger partial charge in [0, 0.05) is 61.3 Å². The molecule has 1 aliphatic carbocycles. The molecule has 2 aromatic heterocycles. The number of fused-ring (bicyclic) bond motifs is 1. The van der Waals surface area contributed by atoms with E-state index in [0.717, 1.165) is 22.0 Å². The van der Waals surface area contributed by atoms with E-state index in [1.807, 2.05) is 30.3 Å². The summed E-state index contributed by atoms with van der Waals surface area (Å²) in [6, 6.07) is 9.88. The number of nitrogens with zero attached hydrogens (tertiary/aromatic N) is 5. The molecule has 2 fully saturated rings. The molecule has 8 heteroatoms. The van der Waals surface area contributed by atoms with Crippen LogP contribution in [0.1, 0.15) is 23.5 Å². The number of rotatable bonds is 3. The quantitative estimate of drug-likeness (QED) is 0.712. The van der Waals surface area contributed by atoms with Gasteiger partial charge in [0.25, 0.3) is 11.8 Å². The largest absolute Gasteiger partial charge is 0.380 e. The molecule has 30 heavy (non-hydrogen) atoms. The Morgan fingerprint density at radius 3 is 2.20 bits per heavy atom. The van der Waals surface area contributed by atoms with Crippen molar-refractivity contribution in [2.45, 2.75) is 18.4 Å². The second-order valence-corrected chi connectivity index (χ2v) is 7.83. The first-order valence-corrected chi connectivity index (χ1v) is 10.0. The Labute approximate surface area is 173 Å². The number of piperazine rings is 1. The molecular weight excluding hydrogens is 382 g/mol. The third kappa shape index (κ3) is 3.39. The summed E-state index contributed by atoms with van der Waals surface area (Å²) < 4.78 is 0. The zero-order chi connectivity index (χ0) is 20.7. The minimum Gasteiger partial charge on any atom is -0.380 e. The fourth-order valence-corrected chi connectivity index (χ4v) is 3.70. The van der Waals surface area contributed by atoms with Crippen molar-refractivity contribution >= 4 is 22.7 Å². The highest BCUT2D eigenvalue weighted by molar-refractivity contribution is 5.91. The van der Waals surface area contributed by atoms with Gasteiger partial charge in [-0.15, -0.1) is 0 Å². The summed E-state index contributed by atoms with van der Waals surface area (Å²) >= 11 is 0. The van der Waals surface area contributed by atoms with Gasteiger partial charge in [-0.05, 0) is 25.0 Å². The van der Waals surface area contributed by atoms with Crippen LogP contribution < -0.4 is 0 Å². The molecule has 152 valence electrons. The zero-order valence-electron chi connectivity index (χ0n) is 16.4. The van der Waals surface area contributed by atoms with E-state index < -0.39 is 5.60 Å². The van der Waals surface area contributed by atoms with Gasteiger partial charge < -0.3 is 14.9 Å². The van der Waals surface area contributed by atoms with E-state index in [1.165, 1.54) is 0 Å². The Morgan fingerprint density at radius 2 is 1.50 bits per heavy atom. The van der Waals surface area contributed by atoms with Crippen molar-refractivity contribution in [3.05, 3.63) is 54.7 Å². The molecule has 1 saturated carbocycles. The molecule has 2 aliphatic rings. The molecule has 5 rings (SSSR count). The van der Waals surface area contributed by atoms with E-state index in [-0.39, 0.29) is 17.6 Å². The van der Waals surface area contributed by atoms with E-state index in [2.05, 4.69) is 15.0 Å². The van der Waals surface area contributed by atoms with Crippen LogP contribution >= 0.6 is 0 Å². The smallest absolute Gasteiger partial charge is 0.291 e. The summed E-state index contributed by atoms with van der Waals surface area (Å²) in [5, 5.41) is 11.0. The summed E-state index contributed by atoms with van der Waals surface area (Å²) in [6.45, 7) is 1.63.